The Hall–Kier alpha value is -1.15. The highest BCUT2D eigenvalue weighted by molar-refractivity contribution is 7.99. The number of nitriles is 1. The molecule has 0 saturated carbocycles. The summed E-state index contributed by atoms with van der Waals surface area (Å²) >= 11 is 1.78. The van der Waals surface area contributed by atoms with Crippen LogP contribution in [0.3, 0.4) is 0 Å². The van der Waals surface area contributed by atoms with Crippen LogP contribution in [0.5, 0.6) is 0 Å². The third-order valence-electron chi connectivity index (χ3n) is 1.95. The van der Waals surface area contributed by atoms with Crippen molar-refractivity contribution in [3.05, 3.63) is 22.1 Å². The lowest BCUT2D eigenvalue weighted by atomic mass is 10.3. The van der Waals surface area contributed by atoms with Gasteiger partial charge in [0.1, 0.15) is 0 Å². The number of hydrogen-bond donors (Lipinski definition) is 1. The molecule has 4 nitrogen and oxygen atoms in total. The van der Waals surface area contributed by atoms with E-state index in [0.717, 1.165) is 11.4 Å². The summed E-state index contributed by atoms with van der Waals surface area (Å²) in [5.74, 6) is 0.790. The van der Waals surface area contributed by atoms with E-state index in [-0.39, 0.29) is 10.3 Å². The Morgan fingerprint density at radius 3 is 2.81 bits per heavy atom. The number of thioether (sulfide) groups is 1. The summed E-state index contributed by atoms with van der Waals surface area (Å²) in [6.45, 7) is 6.86. The van der Waals surface area contributed by atoms with Gasteiger partial charge in [0, 0.05) is 22.3 Å². The Morgan fingerprint density at radius 1 is 1.56 bits per heavy atom. The molecule has 0 fully saturated rings. The molecule has 1 rings (SSSR count). The third-order valence-corrected chi connectivity index (χ3v) is 3.27. The highest BCUT2D eigenvalue weighted by Gasteiger charge is 2.12. The first-order valence-corrected chi connectivity index (χ1v) is 6.20. The van der Waals surface area contributed by atoms with Crippen LogP contribution in [0.15, 0.2) is 10.9 Å². The van der Waals surface area contributed by atoms with Crippen molar-refractivity contribution in [3.8, 4) is 6.07 Å². The molecular weight excluding hydrogens is 222 g/mol. The maximum Gasteiger partial charge on any atom is 0.266 e. The predicted molar refractivity (Wildman–Crippen MR) is 66.3 cm³/mol. The molecule has 0 spiro atoms. The van der Waals surface area contributed by atoms with Crippen molar-refractivity contribution >= 4 is 11.8 Å². The van der Waals surface area contributed by atoms with Crippen LogP contribution in [0.2, 0.25) is 0 Å². The topological polar surface area (TPSA) is 61.6 Å². The van der Waals surface area contributed by atoms with E-state index < -0.39 is 0 Å². The van der Waals surface area contributed by atoms with Crippen molar-refractivity contribution in [1.82, 2.24) is 9.78 Å². The summed E-state index contributed by atoms with van der Waals surface area (Å²) in [5.41, 5.74) is 0.864. The van der Waals surface area contributed by atoms with Crippen molar-refractivity contribution in [2.75, 3.05) is 0 Å². The second kappa shape index (κ2) is 5.26. The summed E-state index contributed by atoms with van der Waals surface area (Å²) in [5, 5.41) is 11.5. The molecule has 5 heteroatoms. The van der Waals surface area contributed by atoms with E-state index in [2.05, 4.69) is 25.9 Å². The molecule has 0 aliphatic rings. The maximum atomic E-state index is 11.5. The molecule has 1 heterocycles. The molecule has 0 radical (unpaired) electrons. The average Bonchev–Trinajstić information content (AvgIpc) is 2.52. The van der Waals surface area contributed by atoms with Gasteiger partial charge >= 0.3 is 0 Å². The van der Waals surface area contributed by atoms with Gasteiger partial charge in [0.2, 0.25) is 0 Å². The van der Waals surface area contributed by atoms with Crippen molar-refractivity contribution < 1.29 is 0 Å². The molecule has 0 aliphatic carbocycles. The Morgan fingerprint density at radius 2 is 2.25 bits per heavy atom. The highest BCUT2D eigenvalue weighted by Crippen LogP contribution is 2.25. The van der Waals surface area contributed by atoms with Crippen molar-refractivity contribution in [2.45, 2.75) is 44.2 Å². The van der Waals surface area contributed by atoms with Gasteiger partial charge in [0.25, 0.3) is 5.56 Å². The second-order valence-corrected chi connectivity index (χ2v) is 6.38. The van der Waals surface area contributed by atoms with E-state index in [1.807, 2.05) is 6.07 Å². The zero-order valence-electron chi connectivity index (χ0n) is 9.91. The van der Waals surface area contributed by atoms with Crippen LogP contribution in [0.1, 0.15) is 32.9 Å². The largest absolute Gasteiger partial charge is 0.299 e. The summed E-state index contributed by atoms with van der Waals surface area (Å²) in [7, 11) is 0. The Kier molecular flexibility index (Phi) is 4.25. The quantitative estimate of drug-likeness (QED) is 0.875. The van der Waals surface area contributed by atoms with Gasteiger partial charge in [-0.1, -0.05) is 20.8 Å². The first kappa shape index (κ1) is 12.9. The molecule has 0 amide bonds. The fraction of sp³-hybridized carbons (Fsp3) is 0.636. The van der Waals surface area contributed by atoms with Gasteiger partial charge in [-0.2, -0.15) is 5.26 Å². The minimum Gasteiger partial charge on any atom is -0.299 e. The number of rotatable bonds is 4. The van der Waals surface area contributed by atoms with Gasteiger partial charge < -0.3 is 0 Å². The van der Waals surface area contributed by atoms with E-state index in [0.29, 0.717) is 13.0 Å². The number of hydrogen-bond acceptors (Lipinski definition) is 3. The normalized spacial score (nSPS) is 11.4. The first-order valence-electron chi connectivity index (χ1n) is 5.22. The molecule has 1 N–H and O–H groups in total. The van der Waals surface area contributed by atoms with E-state index >= 15 is 0 Å². The van der Waals surface area contributed by atoms with Crippen LogP contribution in [0.25, 0.3) is 0 Å². The molecule has 0 bridgehead atoms. The minimum atomic E-state index is -0.0558. The van der Waals surface area contributed by atoms with Gasteiger partial charge in [0.05, 0.1) is 19.0 Å². The summed E-state index contributed by atoms with van der Waals surface area (Å²) in [6, 6.07) is 3.63. The number of nitrogens with one attached hydrogen (secondary N) is 1. The fourth-order valence-corrected chi connectivity index (χ4v) is 1.92. The van der Waals surface area contributed by atoms with Gasteiger partial charge in [-0.05, 0) is 0 Å². The fourth-order valence-electron chi connectivity index (χ4n) is 1.18. The molecule has 1 aromatic heterocycles. The third kappa shape index (κ3) is 4.15. The van der Waals surface area contributed by atoms with Gasteiger partial charge in [-0.15, -0.1) is 11.8 Å². The monoisotopic (exact) mass is 239 g/mol. The predicted octanol–water partition coefficient (Wildman–Crippen LogP) is 2.12. The molecule has 0 aliphatic heterocycles. The van der Waals surface area contributed by atoms with Gasteiger partial charge in [-0.3, -0.25) is 14.6 Å². The lowest BCUT2D eigenvalue weighted by molar-refractivity contribution is 0.603. The van der Waals surface area contributed by atoms with Crippen molar-refractivity contribution in [2.24, 2.45) is 0 Å². The lowest BCUT2D eigenvalue weighted by Gasteiger charge is -2.16. The number of aromatic amines is 1. The standard InChI is InChI=1S/C11H17N3OS/c1-11(2,3)16-8-9-7-10(15)14(13-9)6-4-5-12/h7,13H,4,6,8H2,1-3H3. The molecule has 1 aromatic rings. The van der Waals surface area contributed by atoms with Crippen LogP contribution >= 0.6 is 11.8 Å². The van der Waals surface area contributed by atoms with E-state index in [1.54, 1.807) is 17.8 Å². The number of H-pyrrole nitrogens is 1. The van der Waals surface area contributed by atoms with Crippen LogP contribution in [-0.2, 0) is 12.3 Å². The smallest absolute Gasteiger partial charge is 0.266 e. The summed E-state index contributed by atoms with van der Waals surface area (Å²) in [6.07, 6.45) is 0.353. The first-order chi connectivity index (χ1) is 7.42. The van der Waals surface area contributed by atoms with Crippen molar-refractivity contribution in [1.29, 1.82) is 5.26 Å². The van der Waals surface area contributed by atoms with E-state index in [4.69, 9.17) is 5.26 Å². The molecule has 0 atom stereocenters. The minimum absolute atomic E-state index is 0.0558. The maximum absolute atomic E-state index is 11.5. The molecule has 88 valence electrons. The SMILES string of the molecule is CC(C)(C)SCc1cc(=O)n(CCC#N)[nH]1. The molecule has 16 heavy (non-hydrogen) atoms. The Bertz CT molecular complexity index is 433. The lowest BCUT2D eigenvalue weighted by Crippen LogP contribution is -2.15. The van der Waals surface area contributed by atoms with Crippen LogP contribution in [0.4, 0.5) is 0 Å². The van der Waals surface area contributed by atoms with Crippen LogP contribution < -0.4 is 5.56 Å². The summed E-state index contributed by atoms with van der Waals surface area (Å²) in [4.78, 5) is 11.5. The van der Waals surface area contributed by atoms with E-state index in [9.17, 15) is 4.79 Å². The molecular formula is C11H17N3OS. The average molecular weight is 239 g/mol. The number of aryl methyl sites for hydroxylation is 1. The highest BCUT2D eigenvalue weighted by atomic mass is 32.2. The van der Waals surface area contributed by atoms with Crippen molar-refractivity contribution in [3.63, 3.8) is 0 Å². The molecule has 0 unspecified atom stereocenters. The van der Waals surface area contributed by atoms with Gasteiger partial charge in [0.15, 0.2) is 0 Å². The van der Waals surface area contributed by atoms with Gasteiger partial charge in [-0.25, -0.2) is 0 Å². The summed E-state index contributed by atoms with van der Waals surface area (Å²) < 4.78 is 1.67. The van der Waals surface area contributed by atoms with E-state index in [1.165, 1.54) is 4.68 Å². The molecule has 0 saturated heterocycles. The molecule has 0 aromatic carbocycles. The zero-order valence-corrected chi connectivity index (χ0v) is 10.7. The van der Waals surface area contributed by atoms with Crippen LogP contribution in [0, 0.1) is 11.3 Å². The Balaban J connectivity index is 2.63. The second-order valence-electron chi connectivity index (χ2n) is 4.58. The van der Waals surface area contributed by atoms with Crippen LogP contribution in [-0.4, -0.2) is 14.5 Å². The Labute approximate surface area is 99.6 Å². The zero-order chi connectivity index (χ0) is 12.2. The number of aromatic nitrogens is 2. The number of nitrogens with zero attached hydrogens (tertiary/aromatic N) is 2.